The Balaban J connectivity index is 2.46. The number of halogens is 4. The summed E-state index contributed by atoms with van der Waals surface area (Å²) >= 11 is 23.6. The second-order valence-corrected chi connectivity index (χ2v) is 5.88. The largest absolute Gasteiger partial charge is 0.292 e. The van der Waals surface area contributed by atoms with E-state index in [0.717, 1.165) is 0 Å². The minimum absolute atomic E-state index is 0.196. The molecule has 0 N–H and O–H groups in total. The lowest BCUT2D eigenvalue weighted by Gasteiger charge is -2.11. The van der Waals surface area contributed by atoms with Crippen LogP contribution in [0.2, 0.25) is 20.1 Å². The summed E-state index contributed by atoms with van der Waals surface area (Å²) in [6.45, 7) is 0. The van der Waals surface area contributed by atoms with Crippen molar-refractivity contribution in [2.75, 3.05) is 0 Å². The fourth-order valence-electron chi connectivity index (χ4n) is 1.82. The Bertz CT molecular complexity index is 752. The molecule has 2 rings (SSSR count). The Morgan fingerprint density at radius 3 is 2.24 bits per heavy atom. The first-order valence-electron chi connectivity index (χ1n) is 5.78. The van der Waals surface area contributed by atoms with Crippen LogP contribution in [0.5, 0.6) is 0 Å². The molecule has 0 saturated heterocycles. The number of benzene rings is 2. The molecule has 0 aliphatic rings. The van der Waals surface area contributed by atoms with Crippen molar-refractivity contribution in [1.29, 1.82) is 5.26 Å². The summed E-state index contributed by atoms with van der Waals surface area (Å²) in [5, 5.41) is 10.5. The predicted octanol–water partition coefficient (Wildman–Crippen LogP) is 5.79. The van der Waals surface area contributed by atoms with Crippen molar-refractivity contribution in [2.45, 2.75) is 5.92 Å². The fraction of sp³-hybridized carbons (Fsp3) is 0.0667. The minimum Gasteiger partial charge on any atom is -0.292 e. The molecule has 0 saturated carbocycles. The number of rotatable bonds is 3. The maximum Gasteiger partial charge on any atom is 0.186 e. The van der Waals surface area contributed by atoms with E-state index in [9.17, 15) is 10.1 Å². The molecule has 0 aliphatic heterocycles. The summed E-state index contributed by atoms with van der Waals surface area (Å²) < 4.78 is 0. The molecule has 0 radical (unpaired) electrons. The third-order valence-corrected chi connectivity index (χ3v) is 4.17. The van der Waals surface area contributed by atoms with Gasteiger partial charge in [-0.2, -0.15) is 5.26 Å². The van der Waals surface area contributed by atoms with Crippen LogP contribution >= 0.6 is 46.4 Å². The van der Waals surface area contributed by atoms with Gasteiger partial charge in [-0.1, -0.05) is 52.5 Å². The third-order valence-electron chi connectivity index (χ3n) is 2.86. The standard InChI is InChI=1S/C15H7Cl4NO/c16-9-2-4-12(17)10(6-9)15(21)11(7-20)8-1-3-13(18)14(19)5-8/h1-6,11H. The monoisotopic (exact) mass is 357 g/mol. The average molecular weight is 359 g/mol. The van der Waals surface area contributed by atoms with Crippen LogP contribution in [0.3, 0.4) is 0 Å². The summed E-state index contributed by atoms with van der Waals surface area (Å²) in [5.41, 5.74) is 0.648. The first kappa shape index (κ1) is 16.1. The molecular formula is C15H7Cl4NO. The molecule has 0 heterocycles. The average Bonchev–Trinajstić information content (AvgIpc) is 2.46. The van der Waals surface area contributed by atoms with Crippen LogP contribution in [0.15, 0.2) is 36.4 Å². The van der Waals surface area contributed by atoms with Crippen LogP contribution in [0, 0.1) is 11.3 Å². The molecule has 0 bridgehead atoms. The quantitative estimate of drug-likeness (QED) is 0.651. The summed E-state index contributed by atoms with van der Waals surface area (Å²) in [6.07, 6.45) is 0. The van der Waals surface area contributed by atoms with E-state index in [1.54, 1.807) is 12.1 Å². The SMILES string of the molecule is N#CC(C(=O)c1cc(Cl)ccc1Cl)c1ccc(Cl)c(Cl)c1. The molecule has 106 valence electrons. The molecule has 2 nitrogen and oxygen atoms in total. The Hall–Kier alpha value is -1.24. The number of Topliss-reactive ketones (excluding diaryl/α,β-unsaturated/α-hetero) is 1. The van der Waals surface area contributed by atoms with Crippen LogP contribution in [0.25, 0.3) is 0 Å². The van der Waals surface area contributed by atoms with Crippen molar-refractivity contribution in [3.8, 4) is 6.07 Å². The summed E-state index contributed by atoms with van der Waals surface area (Å²) in [7, 11) is 0. The van der Waals surface area contributed by atoms with Gasteiger partial charge in [0.2, 0.25) is 0 Å². The smallest absolute Gasteiger partial charge is 0.186 e. The van der Waals surface area contributed by atoms with Gasteiger partial charge in [0.1, 0.15) is 5.92 Å². The van der Waals surface area contributed by atoms with Crippen LogP contribution in [-0.2, 0) is 0 Å². The van der Waals surface area contributed by atoms with Crippen LogP contribution in [-0.4, -0.2) is 5.78 Å². The van der Waals surface area contributed by atoms with Crippen molar-refractivity contribution < 1.29 is 4.79 Å². The summed E-state index contributed by atoms with van der Waals surface area (Å²) in [4.78, 5) is 12.5. The highest BCUT2D eigenvalue weighted by molar-refractivity contribution is 6.42. The number of ketones is 1. The molecular weight excluding hydrogens is 352 g/mol. The van der Waals surface area contributed by atoms with E-state index in [4.69, 9.17) is 46.4 Å². The minimum atomic E-state index is -1.03. The van der Waals surface area contributed by atoms with E-state index in [1.165, 1.54) is 24.3 Å². The van der Waals surface area contributed by atoms with E-state index in [2.05, 4.69) is 0 Å². The summed E-state index contributed by atoms with van der Waals surface area (Å²) in [5.74, 6) is -1.47. The fourth-order valence-corrected chi connectivity index (χ4v) is 2.51. The topological polar surface area (TPSA) is 40.9 Å². The second kappa shape index (κ2) is 6.68. The van der Waals surface area contributed by atoms with Crippen LogP contribution < -0.4 is 0 Å². The molecule has 1 atom stereocenters. The van der Waals surface area contributed by atoms with E-state index in [0.29, 0.717) is 15.6 Å². The Kier molecular flexibility index (Phi) is 5.13. The molecule has 21 heavy (non-hydrogen) atoms. The second-order valence-electron chi connectivity index (χ2n) is 4.22. The maximum atomic E-state index is 12.5. The van der Waals surface area contributed by atoms with Gasteiger partial charge in [-0.05, 0) is 35.9 Å². The van der Waals surface area contributed by atoms with Crippen molar-refractivity contribution in [3.63, 3.8) is 0 Å². The van der Waals surface area contributed by atoms with Gasteiger partial charge in [0, 0.05) is 10.6 Å². The van der Waals surface area contributed by atoms with E-state index < -0.39 is 11.7 Å². The molecule has 2 aromatic carbocycles. The molecule has 0 spiro atoms. The van der Waals surface area contributed by atoms with Crippen LogP contribution in [0.1, 0.15) is 21.8 Å². The number of carbonyl (C=O) groups is 1. The Labute approximate surface area is 141 Å². The number of nitrogens with zero attached hydrogens (tertiary/aromatic N) is 1. The highest BCUT2D eigenvalue weighted by Gasteiger charge is 2.24. The van der Waals surface area contributed by atoms with Gasteiger partial charge < -0.3 is 0 Å². The van der Waals surface area contributed by atoms with E-state index >= 15 is 0 Å². The molecule has 1 unspecified atom stereocenters. The van der Waals surface area contributed by atoms with E-state index in [1.807, 2.05) is 6.07 Å². The molecule has 6 heteroatoms. The first-order chi connectivity index (χ1) is 9.93. The van der Waals surface area contributed by atoms with E-state index in [-0.39, 0.29) is 15.6 Å². The first-order valence-corrected chi connectivity index (χ1v) is 7.29. The normalized spacial score (nSPS) is 11.8. The highest BCUT2D eigenvalue weighted by atomic mass is 35.5. The molecule has 0 fully saturated rings. The van der Waals surface area contributed by atoms with Crippen molar-refractivity contribution in [1.82, 2.24) is 0 Å². The lowest BCUT2D eigenvalue weighted by Crippen LogP contribution is -2.12. The van der Waals surface area contributed by atoms with Gasteiger partial charge in [0.05, 0.1) is 21.1 Å². The zero-order valence-corrected chi connectivity index (χ0v) is 13.4. The predicted molar refractivity (Wildman–Crippen MR) is 85.6 cm³/mol. The molecule has 0 amide bonds. The van der Waals surface area contributed by atoms with Gasteiger partial charge in [-0.25, -0.2) is 0 Å². The van der Waals surface area contributed by atoms with Crippen molar-refractivity contribution in [2.24, 2.45) is 0 Å². The number of carbonyl (C=O) groups excluding carboxylic acids is 1. The number of hydrogen-bond donors (Lipinski definition) is 0. The van der Waals surface area contributed by atoms with Crippen molar-refractivity contribution >= 4 is 52.2 Å². The van der Waals surface area contributed by atoms with Gasteiger partial charge in [-0.15, -0.1) is 0 Å². The molecule has 2 aromatic rings. The van der Waals surface area contributed by atoms with Gasteiger partial charge in [-0.3, -0.25) is 4.79 Å². The Morgan fingerprint density at radius 1 is 0.952 bits per heavy atom. The zero-order chi connectivity index (χ0) is 15.6. The third kappa shape index (κ3) is 3.51. The lowest BCUT2D eigenvalue weighted by molar-refractivity contribution is 0.0979. The molecule has 0 aliphatic carbocycles. The van der Waals surface area contributed by atoms with Crippen LogP contribution in [0.4, 0.5) is 0 Å². The van der Waals surface area contributed by atoms with Gasteiger partial charge >= 0.3 is 0 Å². The number of hydrogen-bond acceptors (Lipinski definition) is 2. The summed E-state index contributed by atoms with van der Waals surface area (Å²) in [6, 6.07) is 11.1. The molecule has 0 aromatic heterocycles. The zero-order valence-electron chi connectivity index (χ0n) is 10.4. The van der Waals surface area contributed by atoms with Gasteiger partial charge in [0.25, 0.3) is 0 Å². The lowest BCUT2D eigenvalue weighted by atomic mass is 9.92. The maximum absolute atomic E-state index is 12.5. The number of nitriles is 1. The highest BCUT2D eigenvalue weighted by Crippen LogP contribution is 2.30. The van der Waals surface area contributed by atoms with Gasteiger partial charge in [0.15, 0.2) is 5.78 Å². The van der Waals surface area contributed by atoms with Crippen molar-refractivity contribution in [3.05, 3.63) is 67.6 Å². The Morgan fingerprint density at radius 2 is 1.62 bits per heavy atom.